The lowest BCUT2D eigenvalue weighted by Gasteiger charge is -2.20. The van der Waals surface area contributed by atoms with Crippen molar-refractivity contribution >= 4 is 15.7 Å². The maximum absolute atomic E-state index is 12.4. The van der Waals surface area contributed by atoms with Crippen LogP contribution < -0.4 is 5.73 Å². The summed E-state index contributed by atoms with van der Waals surface area (Å²) < 4.78 is 26.0. The third-order valence-electron chi connectivity index (χ3n) is 3.07. The smallest absolute Gasteiger partial charge is 0.244 e. The number of hydrogen-bond acceptors (Lipinski definition) is 4. The van der Waals surface area contributed by atoms with E-state index in [1.807, 2.05) is 19.9 Å². The Morgan fingerprint density at radius 1 is 1.37 bits per heavy atom. The number of nitrogen functional groups attached to an aromatic ring is 1. The van der Waals surface area contributed by atoms with Crippen molar-refractivity contribution in [2.24, 2.45) is 5.92 Å². The number of rotatable bonds is 4. The first-order chi connectivity index (χ1) is 8.70. The maximum atomic E-state index is 12.4. The average molecular weight is 281 g/mol. The van der Waals surface area contributed by atoms with Gasteiger partial charge in [0.2, 0.25) is 10.0 Å². The minimum atomic E-state index is -3.66. The molecule has 0 amide bonds. The molecule has 0 aliphatic heterocycles. The summed E-state index contributed by atoms with van der Waals surface area (Å²) in [5, 5.41) is 8.76. The number of benzene rings is 1. The van der Waals surface area contributed by atoms with Gasteiger partial charge in [0.05, 0.1) is 17.7 Å². The molecule has 1 atom stereocenters. The van der Waals surface area contributed by atoms with Crippen molar-refractivity contribution in [3.63, 3.8) is 0 Å². The number of nitriles is 1. The molecule has 0 radical (unpaired) electrons. The number of sulfonamides is 1. The SMILES string of the molecule is Cc1cc(N)c(S(=O)(=O)N(C)CC(C)C#N)cc1C. The van der Waals surface area contributed by atoms with Gasteiger partial charge in [-0.25, -0.2) is 8.42 Å². The van der Waals surface area contributed by atoms with Crippen molar-refractivity contribution < 1.29 is 8.42 Å². The zero-order chi connectivity index (χ0) is 14.8. The van der Waals surface area contributed by atoms with E-state index in [2.05, 4.69) is 0 Å². The Bertz CT molecular complexity index is 618. The molecule has 5 nitrogen and oxygen atoms in total. The fraction of sp³-hybridized carbons (Fsp3) is 0.462. The van der Waals surface area contributed by atoms with Gasteiger partial charge >= 0.3 is 0 Å². The van der Waals surface area contributed by atoms with Crippen molar-refractivity contribution in [2.75, 3.05) is 19.3 Å². The fourth-order valence-electron chi connectivity index (χ4n) is 1.73. The summed E-state index contributed by atoms with van der Waals surface area (Å²) in [5.41, 5.74) is 7.86. The lowest BCUT2D eigenvalue weighted by atomic mass is 10.1. The van der Waals surface area contributed by atoms with E-state index in [1.54, 1.807) is 19.1 Å². The Morgan fingerprint density at radius 2 is 1.89 bits per heavy atom. The molecule has 0 bridgehead atoms. The Morgan fingerprint density at radius 3 is 2.42 bits per heavy atom. The van der Waals surface area contributed by atoms with Crippen LogP contribution in [0.2, 0.25) is 0 Å². The van der Waals surface area contributed by atoms with Crippen LogP contribution in [0.15, 0.2) is 17.0 Å². The second-order valence-corrected chi connectivity index (χ2v) is 6.80. The zero-order valence-corrected chi connectivity index (χ0v) is 12.5. The quantitative estimate of drug-likeness (QED) is 0.850. The predicted molar refractivity (Wildman–Crippen MR) is 74.9 cm³/mol. The minimum Gasteiger partial charge on any atom is -0.398 e. The lowest BCUT2D eigenvalue weighted by Crippen LogP contribution is -2.31. The Kier molecular flexibility index (Phi) is 4.56. The van der Waals surface area contributed by atoms with Gasteiger partial charge in [0, 0.05) is 13.6 Å². The molecule has 2 N–H and O–H groups in total. The summed E-state index contributed by atoms with van der Waals surface area (Å²) in [4.78, 5) is 0.100. The standard InChI is InChI=1S/C13H19N3O2S/c1-9(7-14)8-16(4)19(17,18)13-6-11(3)10(2)5-12(13)15/h5-6,9H,8,15H2,1-4H3. The third kappa shape index (κ3) is 3.25. The Balaban J connectivity index is 3.21. The molecule has 0 aliphatic rings. The molecule has 1 unspecified atom stereocenters. The van der Waals surface area contributed by atoms with E-state index in [1.165, 1.54) is 11.4 Å². The van der Waals surface area contributed by atoms with Crippen molar-refractivity contribution in [3.05, 3.63) is 23.3 Å². The zero-order valence-electron chi connectivity index (χ0n) is 11.6. The van der Waals surface area contributed by atoms with Crippen LogP contribution >= 0.6 is 0 Å². The second kappa shape index (κ2) is 5.59. The minimum absolute atomic E-state index is 0.100. The first kappa shape index (κ1) is 15.5. The number of nitrogens with zero attached hydrogens (tertiary/aromatic N) is 2. The van der Waals surface area contributed by atoms with E-state index in [-0.39, 0.29) is 23.0 Å². The lowest BCUT2D eigenvalue weighted by molar-refractivity contribution is 0.439. The van der Waals surface area contributed by atoms with Gasteiger partial charge in [-0.15, -0.1) is 0 Å². The first-order valence-electron chi connectivity index (χ1n) is 5.92. The molecule has 0 saturated heterocycles. The van der Waals surface area contributed by atoms with Crippen LogP contribution in [-0.4, -0.2) is 26.3 Å². The van der Waals surface area contributed by atoms with Crippen LogP contribution in [0.4, 0.5) is 5.69 Å². The monoisotopic (exact) mass is 281 g/mol. The van der Waals surface area contributed by atoms with Crippen molar-refractivity contribution in [1.29, 1.82) is 5.26 Å². The van der Waals surface area contributed by atoms with Crippen molar-refractivity contribution in [3.8, 4) is 6.07 Å². The van der Waals surface area contributed by atoms with E-state index in [0.29, 0.717) is 0 Å². The summed E-state index contributed by atoms with van der Waals surface area (Å²) in [5.74, 6) is -0.368. The molecule has 0 aromatic heterocycles. The molecular formula is C13H19N3O2S. The molecule has 1 rings (SSSR count). The van der Waals surface area contributed by atoms with E-state index >= 15 is 0 Å². The number of hydrogen-bond donors (Lipinski definition) is 1. The summed E-state index contributed by atoms with van der Waals surface area (Å²) >= 11 is 0. The van der Waals surface area contributed by atoms with E-state index in [9.17, 15) is 8.42 Å². The molecule has 0 spiro atoms. The number of nitrogens with two attached hydrogens (primary N) is 1. The van der Waals surface area contributed by atoms with Crippen molar-refractivity contribution in [2.45, 2.75) is 25.7 Å². The molecule has 0 fully saturated rings. The summed E-state index contributed by atoms with van der Waals surface area (Å²) in [6, 6.07) is 5.25. The normalized spacial score (nSPS) is 13.3. The number of anilines is 1. The number of aryl methyl sites for hydroxylation is 2. The molecule has 6 heteroatoms. The van der Waals surface area contributed by atoms with Gasteiger partial charge in [0.25, 0.3) is 0 Å². The highest BCUT2D eigenvalue weighted by atomic mass is 32.2. The van der Waals surface area contributed by atoms with Crippen LogP contribution in [0.25, 0.3) is 0 Å². The first-order valence-corrected chi connectivity index (χ1v) is 7.36. The molecular weight excluding hydrogens is 262 g/mol. The maximum Gasteiger partial charge on any atom is 0.244 e. The van der Waals surface area contributed by atoms with E-state index in [4.69, 9.17) is 11.0 Å². The Labute approximate surface area is 114 Å². The highest BCUT2D eigenvalue weighted by Crippen LogP contribution is 2.25. The van der Waals surface area contributed by atoms with Gasteiger partial charge in [-0.05, 0) is 44.0 Å². The van der Waals surface area contributed by atoms with Crippen LogP contribution in [0.1, 0.15) is 18.1 Å². The molecule has 104 valence electrons. The van der Waals surface area contributed by atoms with Gasteiger partial charge < -0.3 is 5.73 Å². The van der Waals surface area contributed by atoms with Crippen LogP contribution in [0.5, 0.6) is 0 Å². The Hall–Kier alpha value is -1.58. The highest BCUT2D eigenvalue weighted by Gasteiger charge is 2.25. The van der Waals surface area contributed by atoms with Gasteiger partial charge in [-0.2, -0.15) is 9.57 Å². The van der Waals surface area contributed by atoms with Crippen molar-refractivity contribution in [1.82, 2.24) is 4.31 Å². The molecule has 1 aromatic carbocycles. The fourth-order valence-corrected chi connectivity index (χ4v) is 3.17. The molecule has 0 saturated carbocycles. The van der Waals surface area contributed by atoms with Crippen LogP contribution in [-0.2, 0) is 10.0 Å². The van der Waals surface area contributed by atoms with Gasteiger partial charge in [-0.3, -0.25) is 0 Å². The van der Waals surface area contributed by atoms with Gasteiger partial charge in [0.1, 0.15) is 4.90 Å². The van der Waals surface area contributed by atoms with E-state index < -0.39 is 10.0 Å². The second-order valence-electron chi connectivity index (χ2n) is 4.79. The summed E-state index contributed by atoms with van der Waals surface area (Å²) in [7, 11) is -2.20. The molecule has 0 heterocycles. The predicted octanol–water partition coefficient (Wildman–Crippen LogP) is 1.67. The largest absolute Gasteiger partial charge is 0.398 e. The molecule has 1 aromatic rings. The summed E-state index contributed by atoms with van der Waals surface area (Å²) in [6.45, 7) is 5.54. The van der Waals surface area contributed by atoms with Crippen LogP contribution in [0, 0.1) is 31.1 Å². The molecule has 19 heavy (non-hydrogen) atoms. The average Bonchev–Trinajstić information content (AvgIpc) is 2.33. The van der Waals surface area contributed by atoms with Gasteiger partial charge in [-0.1, -0.05) is 0 Å². The van der Waals surface area contributed by atoms with E-state index in [0.717, 1.165) is 11.1 Å². The topological polar surface area (TPSA) is 87.2 Å². The summed E-state index contributed by atoms with van der Waals surface area (Å²) in [6.07, 6.45) is 0. The van der Waals surface area contributed by atoms with Gasteiger partial charge in [0.15, 0.2) is 0 Å². The highest BCUT2D eigenvalue weighted by molar-refractivity contribution is 7.89. The third-order valence-corrected chi connectivity index (χ3v) is 4.94. The molecule has 0 aliphatic carbocycles. The van der Waals surface area contributed by atoms with Crippen LogP contribution in [0.3, 0.4) is 0 Å².